The van der Waals surface area contributed by atoms with Gasteiger partial charge in [-0.05, 0) is 37.5 Å². The molecule has 2 aliphatic rings. The van der Waals surface area contributed by atoms with Crippen molar-refractivity contribution in [3.63, 3.8) is 0 Å². The molecule has 0 bridgehead atoms. The molecule has 1 aromatic heterocycles. The molecule has 2 N–H and O–H groups in total. The van der Waals surface area contributed by atoms with Crippen molar-refractivity contribution in [3.05, 3.63) is 48.0 Å². The lowest BCUT2D eigenvalue weighted by atomic mass is 10.1. The fourth-order valence-electron chi connectivity index (χ4n) is 4.19. The number of aliphatic hydroxyl groups is 1. The number of carbonyl (C=O) groups is 1. The summed E-state index contributed by atoms with van der Waals surface area (Å²) in [4.78, 5) is 14.7. The number of carbonyl (C=O) groups excluding carboxylic acids is 1. The third-order valence-corrected chi connectivity index (χ3v) is 5.63. The number of anilines is 1. The first kappa shape index (κ1) is 19.0. The van der Waals surface area contributed by atoms with Crippen LogP contribution in [0.1, 0.15) is 35.7 Å². The van der Waals surface area contributed by atoms with Crippen molar-refractivity contribution in [2.45, 2.75) is 37.4 Å². The van der Waals surface area contributed by atoms with E-state index < -0.39 is 5.82 Å². The highest BCUT2D eigenvalue weighted by Gasteiger charge is 2.37. The normalized spacial score (nSPS) is 23.8. The number of hydrogen-bond donors (Lipinski definition) is 2. The van der Waals surface area contributed by atoms with Gasteiger partial charge in [0.05, 0.1) is 24.5 Å². The Kier molecular flexibility index (Phi) is 5.70. The Balaban J connectivity index is 1.41. The molecule has 28 heavy (non-hydrogen) atoms. The van der Waals surface area contributed by atoms with E-state index in [1.807, 2.05) is 4.68 Å². The van der Waals surface area contributed by atoms with E-state index >= 15 is 0 Å². The number of likely N-dealkylation sites (tertiary alicyclic amines) is 1. The molecule has 0 spiro atoms. The Bertz CT molecular complexity index is 821. The number of halogens is 1. The highest BCUT2D eigenvalue weighted by molar-refractivity contribution is 6.04. The van der Waals surface area contributed by atoms with Gasteiger partial charge in [0, 0.05) is 43.6 Å². The van der Waals surface area contributed by atoms with Gasteiger partial charge in [0.2, 0.25) is 0 Å². The molecule has 8 heteroatoms. The molecule has 0 saturated carbocycles. The Morgan fingerprint density at radius 2 is 2.14 bits per heavy atom. The number of nitrogens with zero attached hydrogens (tertiary/aromatic N) is 3. The van der Waals surface area contributed by atoms with Crippen LogP contribution in [-0.4, -0.2) is 64.1 Å². The molecule has 2 fully saturated rings. The molecule has 0 aliphatic carbocycles. The first-order chi connectivity index (χ1) is 13.6. The van der Waals surface area contributed by atoms with E-state index in [0.29, 0.717) is 11.7 Å². The zero-order valence-electron chi connectivity index (χ0n) is 15.6. The number of aromatic nitrogens is 2. The predicted octanol–water partition coefficient (Wildman–Crippen LogP) is 2.06. The Hall–Kier alpha value is -2.29. The van der Waals surface area contributed by atoms with E-state index in [1.54, 1.807) is 18.5 Å². The van der Waals surface area contributed by atoms with E-state index in [2.05, 4.69) is 15.3 Å². The van der Waals surface area contributed by atoms with Gasteiger partial charge >= 0.3 is 0 Å². The van der Waals surface area contributed by atoms with Crippen LogP contribution in [0.15, 0.2) is 36.7 Å². The van der Waals surface area contributed by atoms with Gasteiger partial charge < -0.3 is 15.2 Å². The first-order valence-corrected chi connectivity index (χ1v) is 9.69. The van der Waals surface area contributed by atoms with Crippen molar-refractivity contribution in [2.75, 3.05) is 31.7 Å². The fourth-order valence-corrected chi connectivity index (χ4v) is 4.19. The number of amides is 1. The molecule has 1 aromatic carbocycles. The second kappa shape index (κ2) is 8.38. The average Bonchev–Trinajstić information content (AvgIpc) is 3.35. The second-order valence-electron chi connectivity index (χ2n) is 7.44. The zero-order chi connectivity index (χ0) is 19.5. The van der Waals surface area contributed by atoms with E-state index in [0.717, 1.165) is 39.0 Å². The monoisotopic (exact) mass is 388 g/mol. The van der Waals surface area contributed by atoms with E-state index in [9.17, 15) is 14.3 Å². The van der Waals surface area contributed by atoms with Gasteiger partial charge in [-0.3, -0.25) is 14.4 Å². The number of ether oxygens (including phenoxy) is 1. The number of nitrogens with one attached hydrogen (secondary N) is 1. The molecule has 4 rings (SSSR count). The molecule has 2 saturated heterocycles. The van der Waals surface area contributed by atoms with Gasteiger partial charge in [0.1, 0.15) is 5.82 Å². The third-order valence-electron chi connectivity index (χ3n) is 5.63. The molecule has 0 radical (unpaired) electrons. The predicted molar refractivity (Wildman–Crippen MR) is 102 cm³/mol. The lowest BCUT2D eigenvalue weighted by molar-refractivity contribution is 0.0191. The van der Waals surface area contributed by atoms with Crippen LogP contribution in [0.4, 0.5) is 10.1 Å². The van der Waals surface area contributed by atoms with Gasteiger partial charge in [-0.1, -0.05) is 6.07 Å². The van der Waals surface area contributed by atoms with Crippen molar-refractivity contribution in [1.29, 1.82) is 0 Å². The molecule has 2 aliphatic heterocycles. The van der Waals surface area contributed by atoms with Crippen molar-refractivity contribution < 1.29 is 19.0 Å². The van der Waals surface area contributed by atoms with Crippen LogP contribution in [-0.2, 0) is 4.74 Å². The topological polar surface area (TPSA) is 79.6 Å². The maximum absolute atomic E-state index is 13.3. The van der Waals surface area contributed by atoms with E-state index in [-0.39, 0.29) is 30.2 Å². The minimum absolute atomic E-state index is 0.114. The van der Waals surface area contributed by atoms with Crippen molar-refractivity contribution in [1.82, 2.24) is 14.7 Å². The summed E-state index contributed by atoms with van der Waals surface area (Å²) in [6, 6.07) is 6.26. The zero-order valence-corrected chi connectivity index (χ0v) is 15.6. The highest BCUT2D eigenvalue weighted by atomic mass is 19.1. The number of hydrogen-bond acceptors (Lipinski definition) is 5. The van der Waals surface area contributed by atoms with Crippen LogP contribution < -0.4 is 5.32 Å². The molecular formula is C20H25FN4O3. The quantitative estimate of drug-likeness (QED) is 0.820. The van der Waals surface area contributed by atoms with Crippen molar-refractivity contribution >= 4 is 11.6 Å². The molecule has 3 heterocycles. The summed E-state index contributed by atoms with van der Waals surface area (Å²) in [5.74, 6) is -0.819. The van der Waals surface area contributed by atoms with Crippen molar-refractivity contribution in [2.24, 2.45) is 0 Å². The highest BCUT2D eigenvalue weighted by Crippen LogP contribution is 2.32. The van der Waals surface area contributed by atoms with Crippen LogP contribution in [0.3, 0.4) is 0 Å². The maximum atomic E-state index is 13.3. The first-order valence-electron chi connectivity index (χ1n) is 9.69. The molecule has 1 amide bonds. The standard InChI is InChI=1S/C20H25FN4O3/c21-15-3-1-2-14(8-15)20(27)23-16-10-22-25(11-16)18-9-19(13-26)24(12-18)17-4-6-28-7-5-17/h1-3,8,10-11,17-19,26H,4-7,9,12-13H2,(H,23,27)/t18-,19-/m0/s1. The van der Waals surface area contributed by atoms with Gasteiger partial charge in [-0.2, -0.15) is 5.10 Å². The number of rotatable bonds is 5. The smallest absolute Gasteiger partial charge is 0.255 e. The van der Waals surface area contributed by atoms with Gasteiger partial charge in [0.25, 0.3) is 5.91 Å². The molecule has 2 aromatic rings. The van der Waals surface area contributed by atoms with Crippen LogP contribution in [0, 0.1) is 5.82 Å². The summed E-state index contributed by atoms with van der Waals surface area (Å²) in [5, 5.41) is 17.0. The van der Waals surface area contributed by atoms with Gasteiger partial charge in [0.15, 0.2) is 0 Å². The minimum Gasteiger partial charge on any atom is -0.395 e. The molecule has 7 nitrogen and oxygen atoms in total. The summed E-state index contributed by atoms with van der Waals surface area (Å²) < 4.78 is 20.6. The number of benzene rings is 1. The molecule has 2 atom stereocenters. The summed E-state index contributed by atoms with van der Waals surface area (Å²) in [6.07, 6.45) is 6.17. The van der Waals surface area contributed by atoms with Crippen LogP contribution in [0.25, 0.3) is 0 Å². The molecular weight excluding hydrogens is 363 g/mol. The maximum Gasteiger partial charge on any atom is 0.255 e. The number of aliphatic hydroxyl groups excluding tert-OH is 1. The van der Waals surface area contributed by atoms with Crippen LogP contribution in [0.2, 0.25) is 0 Å². The van der Waals surface area contributed by atoms with E-state index in [1.165, 1.54) is 18.2 Å². The third kappa shape index (κ3) is 4.09. The summed E-state index contributed by atoms with van der Waals surface area (Å²) in [6.45, 7) is 2.47. The Morgan fingerprint density at radius 1 is 1.32 bits per heavy atom. The SMILES string of the molecule is O=C(Nc1cnn([C@H]2C[C@@H](CO)N(C3CCOCC3)C2)c1)c1cccc(F)c1. The van der Waals surface area contributed by atoms with Crippen molar-refractivity contribution in [3.8, 4) is 0 Å². The lowest BCUT2D eigenvalue weighted by Gasteiger charge is -2.34. The molecule has 150 valence electrons. The van der Waals surface area contributed by atoms with Crippen LogP contribution in [0.5, 0.6) is 0 Å². The van der Waals surface area contributed by atoms with E-state index in [4.69, 9.17) is 4.74 Å². The average molecular weight is 388 g/mol. The summed E-state index contributed by atoms with van der Waals surface area (Å²) >= 11 is 0. The molecule has 0 unspecified atom stereocenters. The second-order valence-corrected chi connectivity index (χ2v) is 7.44. The minimum atomic E-state index is -0.447. The van der Waals surface area contributed by atoms with Crippen LogP contribution >= 0.6 is 0 Å². The van der Waals surface area contributed by atoms with Gasteiger partial charge in [-0.15, -0.1) is 0 Å². The summed E-state index contributed by atoms with van der Waals surface area (Å²) in [5.41, 5.74) is 0.832. The Morgan fingerprint density at radius 3 is 2.89 bits per heavy atom. The Labute approximate surface area is 163 Å². The van der Waals surface area contributed by atoms with Gasteiger partial charge in [-0.25, -0.2) is 4.39 Å². The largest absolute Gasteiger partial charge is 0.395 e. The fraction of sp³-hybridized carbons (Fsp3) is 0.500. The summed E-state index contributed by atoms with van der Waals surface area (Å²) in [7, 11) is 0. The lowest BCUT2D eigenvalue weighted by Crippen LogP contribution is -2.44.